The number of ether oxygens (including phenoxy) is 1. The van der Waals surface area contributed by atoms with Crippen LogP contribution < -0.4 is 10.6 Å². The fraction of sp³-hybridized carbons (Fsp3) is 0.409. The molecule has 2 N–H and O–H groups in total. The van der Waals surface area contributed by atoms with Crippen molar-refractivity contribution < 1.29 is 9.66 Å². The lowest BCUT2D eigenvalue weighted by molar-refractivity contribution is -0.384. The van der Waals surface area contributed by atoms with Crippen molar-refractivity contribution in [3.8, 4) is 0 Å². The Morgan fingerprint density at radius 2 is 1.87 bits per heavy atom. The number of nitrogens with one attached hydrogen (secondary N) is 2. The molecule has 160 valence electrons. The van der Waals surface area contributed by atoms with Crippen LogP contribution >= 0.6 is 0 Å². The number of nitro benzene ring substituents is 1. The Hall–Kier alpha value is -2.97. The lowest BCUT2D eigenvalue weighted by atomic mass is 10.1. The van der Waals surface area contributed by atoms with Crippen LogP contribution in [0.1, 0.15) is 24.1 Å². The number of nitrogens with zero attached hydrogens (tertiary/aromatic N) is 3. The highest BCUT2D eigenvalue weighted by molar-refractivity contribution is 5.80. The van der Waals surface area contributed by atoms with Crippen molar-refractivity contribution in [2.75, 3.05) is 39.4 Å². The highest BCUT2D eigenvalue weighted by Gasteiger charge is 2.11. The van der Waals surface area contributed by atoms with Gasteiger partial charge >= 0.3 is 0 Å². The maximum absolute atomic E-state index is 10.8. The standard InChI is InChI=1S/C22H29N5O3/c1-18(20-5-3-2-4-6-20)25-22(23-11-12-26-13-15-30-16-14-26)24-17-19-7-9-21(10-8-19)27(28)29/h2-10,18H,11-17H2,1H3,(H2,23,24,25). The van der Waals surface area contributed by atoms with Crippen LogP contribution in [0.3, 0.4) is 0 Å². The first-order chi connectivity index (χ1) is 14.6. The molecule has 0 amide bonds. The molecule has 0 aliphatic carbocycles. The summed E-state index contributed by atoms with van der Waals surface area (Å²) in [5, 5.41) is 17.7. The van der Waals surface area contributed by atoms with E-state index in [9.17, 15) is 10.1 Å². The molecule has 8 nitrogen and oxygen atoms in total. The van der Waals surface area contributed by atoms with Crippen LogP contribution in [0.15, 0.2) is 59.6 Å². The fourth-order valence-electron chi connectivity index (χ4n) is 3.23. The average molecular weight is 412 g/mol. The fourth-order valence-corrected chi connectivity index (χ4v) is 3.23. The third kappa shape index (κ3) is 6.82. The van der Waals surface area contributed by atoms with Gasteiger partial charge in [0, 0.05) is 38.3 Å². The smallest absolute Gasteiger partial charge is 0.269 e. The Labute approximate surface area is 177 Å². The summed E-state index contributed by atoms with van der Waals surface area (Å²) in [6.45, 7) is 7.69. The molecule has 2 aromatic carbocycles. The lowest BCUT2D eigenvalue weighted by Gasteiger charge is -2.27. The van der Waals surface area contributed by atoms with Gasteiger partial charge in [0.05, 0.1) is 30.7 Å². The number of non-ortho nitro benzene ring substituents is 1. The number of morpholine rings is 1. The third-order valence-corrected chi connectivity index (χ3v) is 5.04. The van der Waals surface area contributed by atoms with Gasteiger partial charge in [-0.05, 0) is 18.1 Å². The van der Waals surface area contributed by atoms with Crippen molar-refractivity contribution >= 4 is 11.6 Å². The molecule has 0 aromatic heterocycles. The second-order valence-electron chi connectivity index (χ2n) is 7.25. The number of nitro groups is 1. The summed E-state index contributed by atoms with van der Waals surface area (Å²) >= 11 is 0. The van der Waals surface area contributed by atoms with Gasteiger partial charge in [0.1, 0.15) is 0 Å². The average Bonchev–Trinajstić information content (AvgIpc) is 2.79. The third-order valence-electron chi connectivity index (χ3n) is 5.04. The van der Waals surface area contributed by atoms with E-state index in [1.807, 2.05) is 18.2 Å². The van der Waals surface area contributed by atoms with Crippen molar-refractivity contribution in [3.63, 3.8) is 0 Å². The number of aliphatic imine (C=N–C) groups is 1. The molecule has 0 spiro atoms. The summed E-state index contributed by atoms with van der Waals surface area (Å²) in [7, 11) is 0. The van der Waals surface area contributed by atoms with Gasteiger partial charge in [-0.1, -0.05) is 42.5 Å². The van der Waals surface area contributed by atoms with E-state index >= 15 is 0 Å². The van der Waals surface area contributed by atoms with Crippen LogP contribution in [0.4, 0.5) is 5.69 Å². The topological polar surface area (TPSA) is 92.0 Å². The van der Waals surface area contributed by atoms with Crippen molar-refractivity contribution in [2.45, 2.75) is 19.5 Å². The zero-order valence-corrected chi connectivity index (χ0v) is 17.3. The van der Waals surface area contributed by atoms with Gasteiger partial charge in [-0.3, -0.25) is 15.0 Å². The summed E-state index contributed by atoms with van der Waals surface area (Å²) in [6, 6.07) is 16.8. The normalized spacial score (nSPS) is 16.1. The van der Waals surface area contributed by atoms with Crippen LogP contribution in [0.2, 0.25) is 0 Å². The first-order valence-corrected chi connectivity index (χ1v) is 10.2. The van der Waals surface area contributed by atoms with Crippen molar-refractivity contribution in [2.24, 2.45) is 4.99 Å². The van der Waals surface area contributed by atoms with E-state index < -0.39 is 4.92 Å². The van der Waals surface area contributed by atoms with Crippen LogP contribution in [0.5, 0.6) is 0 Å². The minimum Gasteiger partial charge on any atom is -0.379 e. The number of hydrogen-bond donors (Lipinski definition) is 2. The summed E-state index contributed by atoms with van der Waals surface area (Å²) in [5.41, 5.74) is 2.18. The zero-order valence-electron chi connectivity index (χ0n) is 17.3. The van der Waals surface area contributed by atoms with Crippen molar-refractivity contribution in [1.29, 1.82) is 0 Å². The molecular weight excluding hydrogens is 382 g/mol. The predicted molar refractivity (Wildman–Crippen MR) is 117 cm³/mol. The second kappa shape index (κ2) is 11.3. The number of benzene rings is 2. The van der Waals surface area contributed by atoms with Crippen molar-refractivity contribution in [1.82, 2.24) is 15.5 Å². The van der Waals surface area contributed by atoms with E-state index in [2.05, 4.69) is 34.6 Å². The molecule has 1 atom stereocenters. The van der Waals surface area contributed by atoms with Crippen molar-refractivity contribution in [3.05, 3.63) is 75.8 Å². The Morgan fingerprint density at radius 3 is 2.53 bits per heavy atom. The van der Waals surface area contributed by atoms with Gasteiger partial charge in [0.25, 0.3) is 5.69 Å². The van der Waals surface area contributed by atoms with Crippen LogP contribution in [0.25, 0.3) is 0 Å². The highest BCUT2D eigenvalue weighted by Crippen LogP contribution is 2.13. The molecule has 1 heterocycles. The summed E-state index contributed by atoms with van der Waals surface area (Å²) in [5.74, 6) is 0.720. The largest absolute Gasteiger partial charge is 0.379 e. The quantitative estimate of drug-likeness (QED) is 0.300. The van der Waals surface area contributed by atoms with Gasteiger partial charge in [-0.15, -0.1) is 0 Å². The molecule has 3 rings (SSSR count). The number of hydrogen-bond acceptors (Lipinski definition) is 5. The van der Waals surface area contributed by atoms with Crippen LogP contribution in [-0.4, -0.2) is 55.2 Å². The molecule has 2 aromatic rings. The van der Waals surface area contributed by atoms with Gasteiger partial charge in [-0.25, -0.2) is 4.99 Å². The van der Waals surface area contributed by atoms with Gasteiger partial charge in [0.15, 0.2) is 5.96 Å². The maximum atomic E-state index is 10.8. The SMILES string of the molecule is CC(NC(=NCc1ccc([N+](=O)[O-])cc1)NCCN1CCOCC1)c1ccccc1. The predicted octanol–water partition coefficient (Wildman–Crippen LogP) is 2.72. The second-order valence-corrected chi connectivity index (χ2v) is 7.25. The van der Waals surface area contributed by atoms with Crippen LogP contribution in [-0.2, 0) is 11.3 Å². The summed E-state index contributed by atoms with van der Waals surface area (Å²) < 4.78 is 5.40. The van der Waals surface area contributed by atoms with E-state index in [-0.39, 0.29) is 11.7 Å². The first kappa shape index (κ1) is 21.7. The highest BCUT2D eigenvalue weighted by atomic mass is 16.6. The number of rotatable bonds is 8. The molecule has 0 bridgehead atoms. The Morgan fingerprint density at radius 1 is 1.17 bits per heavy atom. The summed E-state index contributed by atoms with van der Waals surface area (Å²) in [6.07, 6.45) is 0. The Balaban J connectivity index is 1.62. The van der Waals surface area contributed by atoms with E-state index in [0.29, 0.717) is 6.54 Å². The molecule has 1 unspecified atom stereocenters. The molecule has 30 heavy (non-hydrogen) atoms. The molecule has 0 radical (unpaired) electrons. The zero-order chi connectivity index (χ0) is 21.2. The summed E-state index contributed by atoms with van der Waals surface area (Å²) in [4.78, 5) is 17.5. The monoisotopic (exact) mass is 411 g/mol. The number of guanidine groups is 1. The minimum absolute atomic E-state index is 0.0856. The van der Waals surface area contributed by atoms with Crippen LogP contribution in [0, 0.1) is 10.1 Å². The molecule has 0 saturated carbocycles. The Kier molecular flexibility index (Phi) is 8.17. The van der Waals surface area contributed by atoms with Gasteiger partial charge in [0.2, 0.25) is 0 Å². The molecule has 8 heteroatoms. The first-order valence-electron chi connectivity index (χ1n) is 10.2. The Bertz CT molecular complexity index is 820. The van der Waals surface area contributed by atoms with E-state index in [0.717, 1.165) is 50.9 Å². The maximum Gasteiger partial charge on any atom is 0.269 e. The molecule has 1 saturated heterocycles. The van der Waals surface area contributed by atoms with Gasteiger partial charge < -0.3 is 15.4 Å². The molecular formula is C22H29N5O3. The molecule has 1 aliphatic heterocycles. The van der Waals surface area contributed by atoms with E-state index in [1.165, 1.54) is 17.7 Å². The van der Waals surface area contributed by atoms with E-state index in [4.69, 9.17) is 9.73 Å². The lowest BCUT2D eigenvalue weighted by Crippen LogP contribution is -2.45. The molecule has 1 fully saturated rings. The molecule has 1 aliphatic rings. The van der Waals surface area contributed by atoms with Gasteiger partial charge in [-0.2, -0.15) is 0 Å². The minimum atomic E-state index is -0.394. The van der Waals surface area contributed by atoms with E-state index in [1.54, 1.807) is 12.1 Å².